The van der Waals surface area contributed by atoms with Gasteiger partial charge in [0.05, 0.1) is 11.6 Å². The number of hydrogen-bond acceptors (Lipinski definition) is 3. The standard InChI is InChI=1S/C16H19F3N2O2/c1-4-20(5-2)11(3)15(22)21-9-8-12-10-13(6-7-14(12)21)23-16(17,18)19/h6-11H,4-5H2,1-3H3/t11-/m1/s1. The fraction of sp³-hybridized carbons (Fsp3) is 0.438. The predicted octanol–water partition coefficient (Wildman–Crippen LogP) is 3.91. The number of carbonyl (C=O) groups excluding carboxylic acids is 1. The van der Waals surface area contributed by atoms with Crippen LogP contribution in [0.2, 0.25) is 0 Å². The van der Waals surface area contributed by atoms with Crippen LogP contribution in [0, 0.1) is 0 Å². The second kappa shape index (κ2) is 6.62. The number of benzene rings is 1. The van der Waals surface area contributed by atoms with Gasteiger partial charge in [-0.2, -0.15) is 0 Å². The molecule has 0 amide bonds. The first-order chi connectivity index (χ1) is 10.8. The van der Waals surface area contributed by atoms with E-state index in [4.69, 9.17) is 0 Å². The molecule has 0 fully saturated rings. The fourth-order valence-electron chi connectivity index (χ4n) is 2.64. The average Bonchev–Trinajstić information content (AvgIpc) is 2.88. The Morgan fingerprint density at radius 2 is 1.91 bits per heavy atom. The minimum atomic E-state index is -4.73. The third-order valence-electron chi connectivity index (χ3n) is 3.85. The van der Waals surface area contributed by atoms with E-state index in [1.807, 2.05) is 25.7 Å². The quantitative estimate of drug-likeness (QED) is 0.834. The van der Waals surface area contributed by atoms with E-state index in [9.17, 15) is 18.0 Å². The largest absolute Gasteiger partial charge is 0.573 e. The van der Waals surface area contributed by atoms with E-state index in [0.717, 1.165) is 13.1 Å². The summed E-state index contributed by atoms with van der Waals surface area (Å²) < 4.78 is 42.1. The first-order valence-electron chi connectivity index (χ1n) is 7.42. The summed E-state index contributed by atoms with van der Waals surface area (Å²) in [7, 11) is 0. The summed E-state index contributed by atoms with van der Waals surface area (Å²) in [6.45, 7) is 7.25. The lowest BCUT2D eigenvalue weighted by Gasteiger charge is -2.25. The highest BCUT2D eigenvalue weighted by molar-refractivity contribution is 5.95. The third-order valence-corrected chi connectivity index (χ3v) is 3.85. The summed E-state index contributed by atoms with van der Waals surface area (Å²) >= 11 is 0. The number of rotatable bonds is 5. The number of fused-ring (bicyclic) bond motifs is 1. The zero-order valence-corrected chi connectivity index (χ0v) is 13.2. The van der Waals surface area contributed by atoms with Gasteiger partial charge >= 0.3 is 6.36 Å². The maximum atomic E-state index is 12.6. The lowest BCUT2D eigenvalue weighted by molar-refractivity contribution is -0.274. The molecule has 1 aromatic carbocycles. The van der Waals surface area contributed by atoms with Gasteiger partial charge in [-0.25, -0.2) is 0 Å². The molecule has 1 aromatic heterocycles. The molecule has 0 bridgehead atoms. The molecular formula is C16H19F3N2O2. The molecule has 1 atom stereocenters. The van der Waals surface area contributed by atoms with Crippen molar-refractivity contribution in [2.24, 2.45) is 0 Å². The summed E-state index contributed by atoms with van der Waals surface area (Å²) in [6.07, 6.45) is -3.16. The van der Waals surface area contributed by atoms with Crippen molar-refractivity contribution in [1.82, 2.24) is 9.47 Å². The Bertz CT molecular complexity index is 690. The molecule has 1 heterocycles. The van der Waals surface area contributed by atoms with Crippen molar-refractivity contribution in [3.05, 3.63) is 30.5 Å². The maximum Gasteiger partial charge on any atom is 0.573 e. The summed E-state index contributed by atoms with van der Waals surface area (Å²) in [6, 6.07) is 5.23. The average molecular weight is 328 g/mol. The van der Waals surface area contributed by atoms with Crippen molar-refractivity contribution in [3.8, 4) is 5.75 Å². The highest BCUT2D eigenvalue weighted by Gasteiger charge is 2.31. The molecule has 0 saturated carbocycles. The second-order valence-corrected chi connectivity index (χ2v) is 5.19. The molecule has 7 heteroatoms. The van der Waals surface area contributed by atoms with Crippen molar-refractivity contribution in [2.75, 3.05) is 13.1 Å². The van der Waals surface area contributed by atoms with Gasteiger partial charge < -0.3 is 4.74 Å². The van der Waals surface area contributed by atoms with Crippen molar-refractivity contribution in [3.63, 3.8) is 0 Å². The zero-order valence-electron chi connectivity index (χ0n) is 13.2. The van der Waals surface area contributed by atoms with Crippen LogP contribution < -0.4 is 4.74 Å². The van der Waals surface area contributed by atoms with E-state index >= 15 is 0 Å². The molecule has 126 valence electrons. The summed E-state index contributed by atoms with van der Waals surface area (Å²) in [4.78, 5) is 14.6. The number of carbonyl (C=O) groups is 1. The van der Waals surface area contributed by atoms with Crippen molar-refractivity contribution >= 4 is 16.8 Å². The highest BCUT2D eigenvalue weighted by Crippen LogP contribution is 2.27. The van der Waals surface area contributed by atoms with Crippen LogP contribution in [0.15, 0.2) is 30.5 Å². The monoisotopic (exact) mass is 328 g/mol. The second-order valence-electron chi connectivity index (χ2n) is 5.19. The number of nitrogens with zero attached hydrogens (tertiary/aromatic N) is 2. The molecule has 2 aromatic rings. The van der Waals surface area contributed by atoms with E-state index in [0.29, 0.717) is 10.9 Å². The van der Waals surface area contributed by atoms with Crippen LogP contribution in [0.4, 0.5) is 13.2 Å². The van der Waals surface area contributed by atoms with Gasteiger partial charge in [0, 0.05) is 11.6 Å². The molecule has 4 nitrogen and oxygen atoms in total. The number of hydrogen-bond donors (Lipinski definition) is 0. The Morgan fingerprint density at radius 3 is 2.48 bits per heavy atom. The number of aromatic nitrogens is 1. The van der Waals surface area contributed by atoms with E-state index in [-0.39, 0.29) is 17.7 Å². The molecule has 2 rings (SSSR count). The Morgan fingerprint density at radius 1 is 1.26 bits per heavy atom. The van der Waals surface area contributed by atoms with Gasteiger partial charge in [-0.3, -0.25) is 14.3 Å². The van der Waals surface area contributed by atoms with Crippen molar-refractivity contribution in [2.45, 2.75) is 33.2 Å². The van der Waals surface area contributed by atoms with E-state index in [1.54, 1.807) is 12.3 Å². The molecule has 0 unspecified atom stereocenters. The van der Waals surface area contributed by atoms with Crippen molar-refractivity contribution < 1.29 is 22.7 Å². The highest BCUT2D eigenvalue weighted by atomic mass is 19.4. The Hall–Kier alpha value is -2.02. The van der Waals surface area contributed by atoms with E-state index in [2.05, 4.69) is 4.74 Å². The Labute approximate surface area is 132 Å². The molecule has 0 aliphatic carbocycles. The third kappa shape index (κ3) is 3.85. The van der Waals surface area contributed by atoms with Gasteiger partial charge in [-0.05, 0) is 44.3 Å². The molecule has 23 heavy (non-hydrogen) atoms. The summed E-state index contributed by atoms with van der Waals surface area (Å²) in [5.74, 6) is -0.416. The van der Waals surface area contributed by atoms with Crippen LogP contribution in [0.25, 0.3) is 10.9 Å². The van der Waals surface area contributed by atoms with Gasteiger partial charge in [-0.15, -0.1) is 13.2 Å². The SMILES string of the molecule is CCN(CC)[C@H](C)C(=O)n1ccc2cc(OC(F)(F)F)ccc21. The van der Waals surface area contributed by atoms with Crippen LogP contribution in [0.1, 0.15) is 25.6 Å². The van der Waals surface area contributed by atoms with E-state index in [1.165, 1.54) is 22.8 Å². The lowest BCUT2D eigenvalue weighted by atomic mass is 10.2. The molecule has 0 aliphatic heterocycles. The van der Waals surface area contributed by atoms with Crippen LogP contribution in [0.5, 0.6) is 5.75 Å². The minimum absolute atomic E-state index is 0.117. The number of alkyl halides is 3. The summed E-state index contributed by atoms with van der Waals surface area (Å²) in [5, 5.41) is 0.520. The minimum Gasteiger partial charge on any atom is -0.406 e. The number of ether oxygens (including phenoxy) is 1. The molecule has 0 N–H and O–H groups in total. The lowest BCUT2D eigenvalue weighted by Crippen LogP contribution is -2.41. The van der Waals surface area contributed by atoms with Gasteiger partial charge in [0.1, 0.15) is 5.75 Å². The first-order valence-corrected chi connectivity index (χ1v) is 7.42. The van der Waals surface area contributed by atoms with Crippen LogP contribution >= 0.6 is 0 Å². The Balaban J connectivity index is 2.31. The molecule has 0 saturated heterocycles. The van der Waals surface area contributed by atoms with Gasteiger partial charge in [-0.1, -0.05) is 13.8 Å². The smallest absolute Gasteiger partial charge is 0.406 e. The fourth-order valence-corrected chi connectivity index (χ4v) is 2.64. The number of likely N-dealkylation sites (N-methyl/N-ethyl adjacent to an activating group) is 1. The molecular weight excluding hydrogens is 309 g/mol. The molecule has 0 spiro atoms. The topological polar surface area (TPSA) is 34.5 Å². The van der Waals surface area contributed by atoms with Crippen molar-refractivity contribution in [1.29, 1.82) is 0 Å². The number of halogens is 3. The first kappa shape index (κ1) is 17.3. The summed E-state index contributed by atoms with van der Waals surface area (Å²) in [5.41, 5.74) is 0.559. The zero-order chi connectivity index (χ0) is 17.2. The van der Waals surface area contributed by atoms with Gasteiger partial charge in [0.2, 0.25) is 5.91 Å². The maximum absolute atomic E-state index is 12.6. The van der Waals surface area contributed by atoms with Gasteiger partial charge in [0.25, 0.3) is 0 Å². The normalized spacial score (nSPS) is 13.5. The van der Waals surface area contributed by atoms with E-state index < -0.39 is 6.36 Å². The van der Waals surface area contributed by atoms with Crippen LogP contribution in [-0.2, 0) is 0 Å². The van der Waals surface area contributed by atoms with Gasteiger partial charge in [0.15, 0.2) is 0 Å². The Kier molecular flexibility index (Phi) is 4.99. The van der Waals surface area contributed by atoms with Crippen LogP contribution in [0.3, 0.4) is 0 Å². The van der Waals surface area contributed by atoms with Crippen LogP contribution in [-0.4, -0.2) is 40.9 Å². The molecule has 0 radical (unpaired) electrons. The molecule has 0 aliphatic rings. The predicted molar refractivity (Wildman–Crippen MR) is 81.6 cm³/mol.